The van der Waals surface area contributed by atoms with Crippen LogP contribution in [0.2, 0.25) is 0 Å². The molecule has 4 rings (SSSR count). The summed E-state index contributed by atoms with van der Waals surface area (Å²) in [5.41, 5.74) is 6.78. The number of hydrogen-bond acceptors (Lipinski definition) is 8. The number of aliphatic hydroxyl groups excluding tert-OH is 1. The first-order valence-corrected chi connectivity index (χ1v) is 11.1. The summed E-state index contributed by atoms with van der Waals surface area (Å²) in [4.78, 5) is 4.20. The highest BCUT2D eigenvalue weighted by atomic mass is 32.1. The molecule has 3 aromatic rings. The molecule has 0 bridgehead atoms. The summed E-state index contributed by atoms with van der Waals surface area (Å²) in [7, 11) is 3.03. The van der Waals surface area contributed by atoms with Gasteiger partial charge in [0.15, 0.2) is 6.23 Å². The molecule has 178 valence electrons. The molecule has 0 aliphatic carbocycles. The molecule has 2 aromatic heterocycles. The molecule has 1 unspecified atom stereocenters. The fourth-order valence-electron chi connectivity index (χ4n) is 3.72. The molecule has 1 fully saturated rings. The highest BCUT2D eigenvalue weighted by Gasteiger charge is 2.30. The average molecular weight is 484 g/mol. The third-order valence-electron chi connectivity index (χ3n) is 5.53. The predicted molar refractivity (Wildman–Crippen MR) is 117 cm³/mol. The lowest BCUT2D eigenvalue weighted by Gasteiger charge is -2.19. The number of anilines is 1. The van der Waals surface area contributed by atoms with Crippen LogP contribution in [0.25, 0.3) is 10.6 Å². The second kappa shape index (κ2) is 9.67. The van der Waals surface area contributed by atoms with E-state index in [-0.39, 0.29) is 28.6 Å². The predicted octanol–water partition coefficient (Wildman–Crippen LogP) is 3.45. The number of methoxy groups -OCH3 is 1. The molecule has 8 nitrogen and oxygen atoms in total. The number of ether oxygens (including phenoxy) is 2. The second-order valence-corrected chi connectivity index (χ2v) is 8.59. The molecular weight excluding hydrogens is 459 g/mol. The number of halogens is 3. The van der Waals surface area contributed by atoms with Gasteiger partial charge in [0, 0.05) is 30.6 Å². The van der Waals surface area contributed by atoms with E-state index in [0.29, 0.717) is 24.2 Å². The standard InChI is InChI=1S/C21H24F3N5O3S/c1-29-19(17-4-3-14(25)13(24)8-32-17)15(7-26-29)27-20(30)16-9-33-21(28-16)18-11(22)5-10(31-2)6-12(18)23/h5-7,9,13-14,17,20,27,30H,3-4,8,25H2,1-2H3/t13-,14+,17-,20?/m0/s1. The van der Waals surface area contributed by atoms with Gasteiger partial charge in [-0.15, -0.1) is 11.3 Å². The summed E-state index contributed by atoms with van der Waals surface area (Å²) >= 11 is 0.991. The zero-order chi connectivity index (χ0) is 23.7. The Labute approximate surface area is 192 Å². The van der Waals surface area contributed by atoms with Gasteiger partial charge in [-0.05, 0) is 12.8 Å². The SMILES string of the molecule is COc1cc(F)c(-c2nc(C(O)Nc3cnn(C)c3[C@@H]3CC[C@@H](N)[C@@H](F)CO3)cs2)c(F)c1. The topological polar surface area (TPSA) is 107 Å². The van der Waals surface area contributed by atoms with Crippen molar-refractivity contribution in [1.82, 2.24) is 14.8 Å². The van der Waals surface area contributed by atoms with Crippen LogP contribution < -0.4 is 15.8 Å². The van der Waals surface area contributed by atoms with Crippen molar-refractivity contribution in [2.45, 2.75) is 37.4 Å². The van der Waals surface area contributed by atoms with Gasteiger partial charge in [-0.25, -0.2) is 18.2 Å². The lowest BCUT2D eigenvalue weighted by molar-refractivity contribution is 0.0246. The van der Waals surface area contributed by atoms with Crippen LogP contribution >= 0.6 is 11.3 Å². The molecule has 0 saturated carbocycles. The summed E-state index contributed by atoms with van der Waals surface area (Å²) in [5, 5.41) is 19.4. The van der Waals surface area contributed by atoms with E-state index >= 15 is 0 Å². The first-order chi connectivity index (χ1) is 15.8. The van der Waals surface area contributed by atoms with Crippen molar-refractivity contribution >= 4 is 17.0 Å². The fourth-order valence-corrected chi connectivity index (χ4v) is 4.60. The van der Waals surface area contributed by atoms with Gasteiger partial charge in [-0.2, -0.15) is 5.10 Å². The van der Waals surface area contributed by atoms with E-state index < -0.39 is 36.2 Å². The highest BCUT2D eigenvalue weighted by molar-refractivity contribution is 7.13. The van der Waals surface area contributed by atoms with Crippen LogP contribution in [0.4, 0.5) is 18.9 Å². The van der Waals surface area contributed by atoms with Crippen molar-refractivity contribution in [3.05, 3.63) is 46.7 Å². The Kier molecular flexibility index (Phi) is 6.88. The van der Waals surface area contributed by atoms with Crippen molar-refractivity contribution in [3.8, 4) is 16.3 Å². The number of thiazole rings is 1. The number of aryl methyl sites for hydroxylation is 1. The van der Waals surface area contributed by atoms with E-state index in [1.807, 2.05) is 0 Å². The highest BCUT2D eigenvalue weighted by Crippen LogP contribution is 2.35. The van der Waals surface area contributed by atoms with Gasteiger partial charge in [0.1, 0.15) is 40.4 Å². The van der Waals surface area contributed by atoms with Gasteiger partial charge in [-0.3, -0.25) is 4.68 Å². The molecule has 0 radical (unpaired) electrons. The molecule has 12 heteroatoms. The average Bonchev–Trinajstić information content (AvgIpc) is 3.36. The summed E-state index contributed by atoms with van der Waals surface area (Å²) in [6, 6.07) is 1.53. The van der Waals surface area contributed by atoms with E-state index in [4.69, 9.17) is 15.2 Å². The Bertz CT molecular complexity index is 1090. The molecule has 1 aliphatic heterocycles. The van der Waals surface area contributed by atoms with Crippen molar-refractivity contribution in [2.24, 2.45) is 12.8 Å². The van der Waals surface area contributed by atoms with Crippen molar-refractivity contribution in [3.63, 3.8) is 0 Å². The van der Waals surface area contributed by atoms with Crippen molar-refractivity contribution < 1.29 is 27.8 Å². The Hall–Kier alpha value is -2.67. The van der Waals surface area contributed by atoms with Crippen LogP contribution in [0.15, 0.2) is 23.7 Å². The van der Waals surface area contributed by atoms with Gasteiger partial charge in [0.05, 0.1) is 36.9 Å². The number of nitrogens with one attached hydrogen (secondary N) is 1. The first-order valence-electron chi connectivity index (χ1n) is 10.2. The zero-order valence-corrected chi connectivity index (χ0v) is 18.8. The van der Waals surface area contributed by atoms with Crippen LogP contribution in [0, 0.1) is 11.6 Å². The van der Waals surface area contributed by atoms with Gasteiger partial charge in [0.25, 0.3) is 0 Å². The summed E-state index contributed by atoms with van der Waals surface area (Å²) in [6.07, 6.45) is -0.569. The maximum Gasteiger partial charge on any atom is 0.169 e. The minimum absolute atomic E-state index is 0.0529. The Morgan fingerprint density at radius 2 is 2.06 bits per heavy atom. The molecule has 1 aliphatic rings. The zero-order valence-electron chi connectivity index (χ0n) is 18.0. The second-order valence-electron chi connectivity index (χ2n) is 7.74. The molecule has 1 saturated heterocycles. The molecule has 3 heterocycles. The quantitative estimate of drug-likeness (QED) is 0.461. The van der Waals surface area contributed by atoms with Crippen LogP contribution in [-0.2, 0) is 11.8 Å². The number of benzene rings is 1. The first kappa shape index (κ1) is 23.5. The number of alkyl halides is 1. The normalized spacial score (nSPS) is 22.1. The molecule has 1 aromatic carbocycles. The van der Waals surface area contributed by atoms with Crippen LogP contribution in [0.3, 0.4) is 0 Å². The summed E-state index contributed by atoms with van der Waals surface area (Å²) < 4.78 is 54.9. The van der Waals surface area contributed by atoms with E-state index in [9.17, 15) is 18.3 Å². The maximum atomic E-state index is 14.4. The fraction of sp³-hybridized carbons (Fsp3) is 0.429. The molecular formula is C21H24F3N5O3S. The molecule has 4 N–H and O–H groups in total. The maximum absolute atomic E-state index is 14.4. The van der Waals surface area contributed by atoms with Crippen LogP contribution in [-0.4, -0.2) is 45.8 Å². The van der Waals surface area contributed by atoms with E-state index in [1.54, 1.807) is 11.7 Å². The molecule has 4 atom stereocenters. The number of aromatic nitrogens is 3. The van der Waals surface area contributed by atoms with E-state index in [2.05, 4.69) is 15.4 Å². The summed E-state index contributed by atoms with van der Waals surface area (Å²) in [6.45, 7) is -0.132. The third kappa shape index (κ3) is 4.83. The third-order valence-corrected chi connectivity index (χ3v) is 6.41. The van der Waals surface area contributed by atoms with Gasteiger partial charge in [-0.1, -0.05) is 0 Å². The largest absolute Gasteiger partial charge is 0.497 e. The minimum Gasteiger partial charge on any atom is -0.497 e. The Morgan fingerprint density at radius 3 is 2.76 bits per heavy atom. The molecule has 0 spiro atoms. The van der Waals surface area contributed by atoms with Crippen molar-refractivity contribution in [1.29, 1.82) is 0 Å². The van der Waals surface area contributed by atoms with E-state index in [1.165, 1.54) is 18.7 Å². The monoisotopic (exact) mass is 483 g/mol. The molecule has 33 heavy (non-hydrogen) atoms. The lowest BCUT2D eigenvalue weighted by atomic mass is 10.0. The van der Waals surface area contributed by atoms with E-state index in [0.717, 1.165) is 23.5 Å². The van der Waals surface area contributed by atoms with Gasteiger partial charge in [0.2, 0.25) is 0 Å². The number of nitrogens with zero attached hydrogens (tertiary/aromatic N) is 3. The van der Waals surface area contributed by atoms with Crippen molar-refractivity contribution in [2.75, 3.05) is 19.0 Å². The lowest BCUT2D eigenvalue weighted by Crippen LogP contribution is -2.32. The minimum atomic E-state index is -1.29. The Balaban J connectivity index is 1.54. The van der Waals surface area contributed by atoms with Gasteiger partial charge >= 0.3 is 0 Å². The van der Waals surface area contributed by atoms with Crippen LogP contribution in [0.1, 0.15) is 36.6 Å². The smallest absolute Gasteiger partial charge is 0.169 e. The van der Waals surface area contributed by atoms with Crippen LogP contribution in [0.5, 0.6) is 5.75 Å². The Morgan fingerprint density at radius 1 is 1.33 bits per heavy atom. The molecule has 0 amide bonds. The number of rotatable bonds is 6. The number of nitrogens with two attached hydrogens (primary N) is 1. The summed E-state index contributed by atoms with van der Waals surface area (Å²) in [5.74, 6) is -1.59. The number of aliphatic hydroxyl groups is 1. The number of hydrogen-bond donors (Lipinski definition) is 3. The van der Waals surface area contributed by atoms with Gasteiger partial charge < -0.3 is 25.6 Å².